The van der Waals surface area contributed by atoms with E-state index in [1.807, 2.05) is 48.7 Å². The Kier molecular flexibility index (Phi) is 5.80. The van der Waals surface area contributed by atoms with Crippen molar-refractivity contribution in [3.05, 3.63) is 48.5 Å². The molecule has 1 atom stereocenters. The number of urea groups is 1. The van der Waals surface area contributed by atoms with Crippen LogP contribution in [0.15, 0.2) is 53.4 Å². The van der Waals surface area contributed by atoms with Crippen molar-refractivity contribution in [2.75, 3.05) is 44.4 Å². The zero-order valence-electron chi connectivity index (χ0n) is 16.2. The summed E-state index contributed by atoms with van der Waals surface area (Å²) < 4.78 is 11.4. The second kappa shape index (κ2) is 8.65. The maximum Gasteiger partial charge on any atom is 0.321 e. The van der Waals surface area contributed by atoms with E-state index in [9.17, 15) is 9.59 Å². The molecule has 4 rings (SSSR count). The lowest BCUT2D eigenvalue weighted by Gasteiger charge is -2.37. The Bertz CT molecular complexity index is 882. The minimum atomic E-state index is -0.653. The number of anilines is 1. The van der Waals surface area contributed by atoms with E-state index in [1.54, 1.807) is 27.6 Å². The van der Waals surface area contributed by atoms with Crippen molar-refractivity contribution >= 4 is 29.4 Å². The van der Waals surface area contributed by atoms with Crippen LogP contribution >= 0.6 is 11.8 Å². The molecular weight excluding hydrogens is 390 g/mol. The van der Waals surface area contributed by atoms with Crippen molar-refractivity contribution in [1.82, 2.24) is 9.80 Å². The number of hydrogen-bond acceptors (Lipinski definition) is 5. The van der Waals surface area contributed by atoms with Crippen molar-refractivity contribution in [3.8, 4) is 11.5 Å². The van der Waals surface area contributed by atoms with Crippen LogP contribution < -0.4 is 14.8 Å². The zero-order valence-corrected chi connectivity index (χ0v) is 17.0. The van der Waals surface area contributed by atoms with Gasteiger partial charge in [-0.25, -0.2) is 4.79 Å². The first-order chi connectivity index (χ1) is 14.1. The van der Waals surface area contributed by atoms with Crippen LogP contribution in [0.4, 0.5) is 10.5 Å². The summed E-state index contributed by atoms with van der Waals surface area (Å²) >= 11 is 1.66. The number of piperazine rings is 1. The van der Waals surface area contributed by atoms with Crippen LogP contribution in [0, 0.1) is 0 Å². The SMILES string of the molecule is CSc1ccc(NC(=O)N2CCN(C(=O)C3COc4ccccc4O3)CC2)cc1. The highest BCUT2D eigenvalue weighted by Crippen LogP contribution is 2.31. The Labute approximate surface area is 174 Å². The number of fused-ring (bicyclic) bond motifs is 1. The van der Waals surface area contributed by atoms with Crippen molar-refractivity contribution in [2.24, 2.45) is 0 Å². The third kappa shape index (κ3) is 4.42. The molecule has 152 valence electrons. The van der Waals surface area contributed by atoms with Crippen LogP contribution in [0.5, 0.6) is 11.5 Å². The lowest BCUT2D eigenvalue weighted by molar-refractivity contribution is -0.142. The number of carbonyl (C=O) groups excluding carboxylic acids is 2. The van der Waals surface area contributed by atoms with Crippen molar-refractivity contribution in [2.45, 2.75) is 11.0 Å². The van der Waals surface area contributed by atoms with Crippen LogP contribution in [-0.4, -0.2) is 66.9 Å². The zero-order chi connectivity index (χ0) is 20.2. The number of rotatable bonds is 3. The first kappa shape index (κ1) is 19.4. The summed E-state index contributed by atoms with van der Waals surface area (Å²) in [4.78, 5) is 29.9. The van der Waals surface area contributed by atoms with E-state index in [2.05, 4.69) is 5.32 Å². The minimum absolute atomic E-state index is 0.104. The summed E-state index contributed by atoms with van der Waals surface area (Å²) in [6, 6.07) is 14.9. The second-order valence-corrected chi connectivity index (χ2v) is 7.71. The topological polar surface area (TPSA) is 71.1 Å². The molecule has 2 aliphatic heterocycles. The van der Waals surface area contributed by atoms with Gasteiger partial charge in [0.15, 0.2) is 11.5 Å². The van der Waals surface area contributed by atoms with Crippen LogP contribution in [-0.2, 0) is 4.79 Å². The van der Waals surface area contributed by atoms with Gasteiger partial charge in [0, 0.05) is 36.8 Å². The molecule has 0 spiro atoms. The van der Waals surface area contributed by atoms with Gasteiger partial charge < -0.3 is 24.6 Å². The van der Waals surface area contributed by atoms with Crippen molar-refractivity contribution < 1.29 is 19.1 Å². The van der Waals surface area contributed by atoms with E-state index in [1.165, 1.54) is 0 Å². The number of nitrogens with zero attached hydrogens (tertiary/aromatic N) is 2. The Morgan fingerprint density at radius 2 is 1.62 bits per heavy atom. The molecule has 29 heavy (non-hydrogen) atoms. The smallest absolute Gasteiger partial charge is 0.321 e. The molecule has 1 N–H and O–H groups in total. The number of hydrogen-bond donors (Lipinski definition) is 1. The Morgan fingerprint density at radius 3 is 2.31 bits per heavy atom. The van der Waals surface area contributed by atoms with Gasteiger partial charge in [-0.3, -0.25) is 4.79 Å². The van der Waals surface area contributed by atoms with E-state index in [0.717, 1.165) is 10.6 Å². The molecule has 2 aromatic carbocycles. The highest BCUT2D eigenvalue weighted by molar-refractivity contribution is 7.98. The van der Waals surface area contributed by atoms with Crippen LogP contribution in [0.2, 0.25) is 0 Å². The molecule has 1 fully saturated rings. The summed E-state index contributed by atoms with van der Waals surface area (Å²) in [6.45, 7) is 2.09. The summed E-state index contributed by atoms with van der Waals surface area (Å²) in [5.74, 6) is 1.14. The molecule has 0 bridgehead atoms. The molecule has 8 heteroatoms. The molecule has 0 aliphatic carbocycles. The summed E-state index contributed by atoms with van der Waals surface area (Å²) in [5.41, 5.74) is 0.762. The van der Waals surface area contributed by atoms with E-state index in [-0.39, 0.29) is 18.5 Å². The van der Waals surface area contributed by atoms with E-state index < -0.39 is 6.10 Å². The van der Waals surface area contributed by atoms with Gasteiger partial charge in [0.2, 0.25) is 6.10 Å². The molecule has 2 aromatic rings. The lowest BCUT2D eigenvalue weighted by Crippen LogP contribution is -2.55. The average Bonchev–Trinajstić information content (AvgIpc) is 2.79. The Morgan fingerprint density at radius 1 is 0.966 bits per heavy atom. The number of carbonyl (C=O) groups is 2. The van der Waals surface area contributed by atoms with Gasteiger partial charge >= 0.3 is 6.03 Å². The fourth-order valence-corrected chi connectivity index (χ4v) is 3.76. The normalized spacial score (nSPS) is 18.3. The standard InChI is InChI=1S/C21H23N3O4S/c1-29-16-8-6-15(7-9-16)22-21(26)24-12-10-23(11-13-24)20(25)19-14-27-17-4-2-3-5-18(17)28-19/h2-9,19H,10-14H2,1H3,(H,22,26). The van der Waals surface area contributed by atoms with E-state index >= 15 is 0 Å². The predicted molar refractivity (Wildman–Crippen MR) is 112 cm³/mol. The van der Waals surface area contributed by atoms with Crippen molar-refractivity contribution in [3.63, 3.8) is 0 Å². The van der Waals surface area contributed by atoms with Crippen LogP contribution in [0.1, 0.15) is 0 Å². The first-order valence-corrected chi connectivity index (χ1v) is 10.7. The Balaban J connectivity index is 1.28. The van der Waals surface area contributed by atoms with Crippen molar-refractivity contribution in [1.29, 1.82) is 0 Å². The molecule has 1 unspecified atom stereocenters. The summed E-state index contributed by atoms with van der Waals surface area (Å²) in [5, 5.41) is 2.91. The number of benzene rings is 2. The van der Waals surface area contributed by atoms with Gasteiger partial charge in [-0.15, -0.1) is 11.8 Å². The van der Waals surface area contributed by atoms with Gasteiger partial charge in [-0.05, 0) is 42.7 Å². The van der Waals surface area contributed by atoms with Gasteiger partial charge in [0.05, 0.1) is 0 Å². The lowest BCUT2D eigenvalue weighted by atomic mass is 10.2. The van der Waals surface area contributed by atoms with Gasteiger partial charge in [-0.1, -0.05) is 12.1 Å². The van der Waals surface area contributed by atoms with E-state index in [0.29, 0.717) is 37.7 Å². The molecule has 0 aromatic heterocycles. The maximum absolute atomic E-state index is 12.8. The third-order valence-electron chi connectivity index (χ3n) is 5.00. The van der Waals surface area contributed by atoms with Gasteiger partial charge in [-0.2, -0.15) is 0 Å². The molecule has 3 amide bonds. The van der Waals surface area contributed by atoms with Gasteiger partial charge in [0.25, 0.3) is 5.91 Å². The van der Waals surface area contributed by atoms with Crippen LogP contribution in [0.3, 0.4) is 0 Å². The number of ether oxygens (including phenoxy) is 2. The minimum Gasteiger partial charge on any atom is -0.485 e. The quantitative estimate of drug-likeness (QED) is 0.784. The molecule has 7 nitrogen and oxygen atoms in total. The fourth-order valence-electron chi connectivity index (χ4n) is 3.35. The second-order valence-electron chi connectivity index (χ2n) is 6.84. The molecule has 0 saturated carbocycles. The van der Waals surface area contributed by atoms with E-state index in [4.69, 9.17) is 9.47 Å². The first-order valence-electron chi connectivity index (χ1n) is 9.51. The molecule has 2 heterocycles. The largest absolute Gasteiger partial charge is 0.485 e. The maximum atomic E-state index is 12.8. The summed E-state index contributed by atoms with van der Waals surface area (Å²) in [7, 11) is 0. The average molecular weight is 413 g/mol. The fraction of sp³-hybridized carbons (Fsp3) is 0.333. The number of para-hydroxylation sites is 2. The number of nitrogens with one attached hydrogen (secondary N) is 1. The molecule has 2 aliphatic rings. The van der Waals surface area contributed by atoms with Gasteiger partial charge in [0.1, 0.15) is 6.61 Å². The predicted octanol–water partition coefficient (Wildman–Crippen LogP) is 2.92. The summed E-state index contributed by atoms with van der Waals surface area (Å²) in [6.07, 6.45) is 1.36. The molecule has 0 radical (unpaired) electrons. The molecular formula is C21H23N3O4S. The number of amides is 3. The van der Waals surface area contributed by atoms with Crippen LogP contribution in [0.25, 0.3) is 0 Å². The Hall–Kier alpha value is -2.87. The molecule has 1 saturated heterocycles. The highest BCUT2D eigenvalue weighted by Gasteiger charge is 2.33. The monoisotopic (exact) mass is 413 g/mol. The highest BCUT2D eigenvalue weighted by atomic mass is 32.2. The third-order valence-corrected chi connectivity index (χ3v) is 5.75. The number of thioether (sulfide) groups is 1.